The Morgan fingerprint density at radius 3 is 2.52 bits per heavy atom. The molecule has 2 aliphatic rings. The van der Waals surface area contributed by atoms with Gasteiger partial charge in [0.25, 0.3) is 0 Å². The lowest BCUT2D eigenvalue weighted by molar-refractivity contribution is -0.141. The van der Waals surface area contributed by atoms with E-state index in [0.29, 0.717) is 6.54 Å². The van der Waals surface area contributed by atoms with Crippen LogP contribution in [-0.2, 0) is 4.79 Å². The molecule has 0 spiro atoms. The minimum Gasteiger partial charge on any atom is -0.487 e. The quantitative estimate of drug-likeness (QED) is 0.856. The summed E-state index contributed by atoms with van der Waals surface area (Å²) >= 11 is 0. The summed E-state index contributed by atoms with van der Waals surface area (Å²) in [6, 6.07) is 8.10. The molecule has 0 bridgehead atoms. The van der Waals surface area contributed by atoms with Gasteiger partial charge < -0.3 is 9.64 Å². The van der Waals surface area contributed by atoms with Crippen LogP contribution in [0.3, 0.4) is 0 Å². The first kappa shape index (κ1) is 16.3. The van der Waals surface area contributed by atoms with Crippen molar-refractivity contribution in [2.75, 3.05) is 32.7 Å². The molecule has 2 fully saturated rings. The highest BCUT2D eigenvalue weighted by molar-refractivity contribution is 5.79. The Bertz CT molecular complexity index is 518. The van der Waals surface area contributed by atoms with Crippen molar-refractivity contribution in [1.29, 1.82) is 0 Å². The second-order valence-electron chi connectivity index (χ2n) is 6.90. The van der Waals surface area contributed by atoms with Gasteiger partial charge in [-0.15, -0.1) is 0 Å². The van der Waals surface area contributed by atoms with Crippen LogP contribution in [0, 0.1) is 6.92 Å². The zero-order valence-electron chi connectivity index (χ0n) is 14.2. The highest BCUT2D eigenvalue weighted by Crippen LogP contribution is 2.19. The van der Waals surface area contributed by atoms with Crippen LogP contribution >= 0.6 is 0 Å². The maximum Gasteiger partial charge on any atom is 0.237 e. The zero-order chi connectivity index (χ0) is 16.1. The number of ether oxygens (including phenoxy) is 1. The summed E-state index contributed by atoms with van der Waals surface area (Å²) in [7, 11) is 0. The van der Waals surface area contributed by atoms with Crippen LogP contribution in [0.4, 0.5) is 0 Å². The van der Waals surface area contributed by atoms with Crippen molar-refractivity contribution in [2.24, 2.45) is 0 Å². The lowest BCUT2D eigenvalue weighted by atomic mass is 10.1. The second kappa shape index (κ2) is 7.82. The van der Waals surface area contributed by atoms with Gasteiger partial charge in [0, 0.05) is 0 Å². The standard InChI is InChI=1S/C19H28N2O2/c1-16-8-7-9-17(12-16)23-18-13-21(14-18)19(22)15-20-10-5-3-2-4-6-11-20/h7-9,12,18H,2-6,10-11,13-15H2,1H3. The third kappa shape index (κ3) is 4.71. The summed E-state index contributed by atoms with van der Waals surface area (Å²) in [5.41, 5.74) is 1.20. The number of aryl methyl sites for hydroxylation is 1. The third-order valence-corrected chi connectivity index (χ3v) is 4.80. The van der Waals surface area contributed by atoms with Crippen LogP contribution < -0.4 is 4.74 Å². The van der Waals surface area contributed by atoms with Crippen molar-refractivity contribution in [2.45, 2.75) is 45.1 Å². The molecule has 2 saturated heterocycles. The van der Waals surface area contributed by atoms with Gasteiger partial charge in [-0.05, 0) is 50.6 Å². The highest BCUT2D eigenvalue weighted by atomic mass is 16.5. The Kier molecular flexibility index (Phi) is 5.55. The molecule has 0 aromatic heterocycles. The van der Waals surface area contributed by atoms with E-state index in [2.05, 4.69) is 17.9 Å². The molecule has 1 aromatic carbocycles. The SMILES string of the molecule is Cc1cccc(OC2CN(C(=O)CN3CCCCCCC3)C2)c1. The van der Waals surface area contributed by atoms with Crippen LogP contribution in [0.25, 0.3) is 0 Å². The van der Waals surface area contributed by atoms with Gasteiger partial charge >= 0.3 is 0 Å². The summed E-state index contributed by atoms with van der Waals surface area (Å²) in [5, 5.41) is 0. The Balaban J connectivity index is 1.40. The third-order valence-electron chi connectivity index (χ3n) is 4.80. The number of carbonyl (C=O) groups is 1. The van der Waals surface area contributed by atoms with Gasteiger partial charge in [0.15, 0.2) is 0 Å². The van der Waals surface area contributed by atoms with Crippen LogP contribution in [0.15, 0.2) is 24.3 Å². The molecule has 0 aliphatic carbocycles. The maximum absolute atomic E-state index is 12.4. The van der Waals surface area contributed by atoms with E-state index in [9.17, 15) is 4.79 Å². The number of hydrogen-bond acceptors (Lipinski definition) is 3. The predicted octanol–water partition coefficient (Wildman–Crippen LogP) is 2.85. The highest BCUT2D eigenvalue weighted by Gasteiger charge is 2.32. The largest absolute Gasteiger partial charge is 0.487 e. The molecule has 0 radical (unpaired) electrons. The Hall–Kier alpha value is -1.55. The zero-order valence-corrected chi connectivity index (χ0v) is 14.2. The molecule has 2 heterocycles. The number of nitrogens with zero attached hydrogens (tertiary/aromatic N) is 2. The van der Waals surface area contributed by atoms with Gasteiger partial charge in [0.05, 0.1) is 19.6 Å². The molecular formula is C19H28N2O2. The first-order valence-corrected chi connectivity index (χ1v) is 8.94. The van der Waals surface area contributed by atoms with Crippen molar-refractivity contribution >= 4 is 5.91 Å². The first-order chi connectivity index (χ1) is 11.2. The number of carbonyl (C=O) groups excluding carboxylic acids is 1. The normalized spacial score (nSPS) is 20.5. The molecule has 0 saturated carbocycles. The summed E-state index contributed by atoms with van der Waals surface area (Å²) in [4.78, 5) is 16.6. The van der Waals surface area contributed by atoms with Gasteiger partial charge in [0.1, 0.15) is 11.9 Å². The van der Waals surface area contributed by atoms with E-state index in [4.69, 9.17) is 4.74 Å². The second-order valence-corrected chi connectivity index (χ2v) is 6.90. The molecule has 0 atom stereocenters. The van der Waals surface area contributed by atoms with E-state index in [1.54, 1.807) is 0 Å². The van der Waals surface area contributed by atoms with E-state index < -0.39 is 0 Å². The monoisotopic (exact) mass is 316 g/mol. The van der Waals surface area contributed by atoms with Gasteiger partial charge in [0.2, 0.25) is 5.91 Å². The van der Waals surface area contributed by atoms with Crippen LogP contribution in [0.2, 0.25) is 0 Å². The molecule has 3 rings (SSSR count). The van der Waals surface area contributed by atoms with Crippen molar-refractivity contribution in [3.63, 3.8) is 0 Å². The van der Waals surface area contributed by atoms with E-state index in [1.807, 2.05) is 23.1 Å². The minimum absolute atomic E-state index is 0.146. The van der Waals surface area contributed by atoms with E-state index in [-0.39, 0.29) is 12.0 Å². The number of likely N-dealkylation sites (tertiary alicyclic amines) is 2. The first-order valence-electron chi connectivity index (χ1n) is 8.94. The lowest BCUT2D eigenvalue weighted by Crippen LogP contribution is -2.58. The fraction of sp³-hybridized carbons (Fsp3) is 0.632. The molecule has 4 nitrogen and oxygen atoms in total. The average Bonchev–Trinajstić information content (AvgIpc) is 2.45. The van der Waals surface area contributed by atoms with Gasteiger partial charge in [-0.2, -0.15) is 0 Å². The van der Waals surface area contributed by atoms with Crippen LogP contribution in [0.1, 0.15) is 37.7 Å². The average molecular weight is 316 g/mol. The molecule has 2 aliphatic heterocycles. The molecular weight excluding hydrogens is 288 g/mol. The maximum atomic E-state index is 12.4. The van der Waals surface area contributed by atoms with Crippen molar-refractivity contribution in [1.82, 2.24) is 9.80 Å². The summed E-state index contributed by atoms with van der Waals surface area (Å²) in [6.45, 7) is 6.23. The van der Waals surface area contributed by atoms with Gasteiger partial charge in [-0.3, -0.25) is 9.69 Å². The number of benzene rings is 1. The molecule has 0 unspecified atom stereocenters. The lowest BCUT2D eigenvalue weighted by Gasteiger charge is -2.40. The van der Waals surface area contributed by atoms with Crippen LogP contribution in [-0.4, -0.2) is 54.5 Å². The van der Waals surface area contributed by atoms with E-state index >= 15 is 0 Å². The Labute approximate surface area is 139 Å². The topological polar surface area (TPSA) is 32.8 Å². The molecule has 23 heavy (non-hydrogen) atoms. The fourth-order valence-corrected chi connectivity index (χ4v) is 3.36. The van der Waals surface area contributed by atoms with Gasteiger partial charge in [-0.1, -0.05) is 31.4 Å². The molecule has 1 aromatic rings. The van der Waals surface area contributed by atoms with E-state index in [1.165, 1.54) is 37.7 Å². The van der Waals surface area contributed by atoms with Gasteiger partial charge in [-0.25, -0.2) is 0 Å². The predicted molar refractivity (Wildman–Crippen MR) is 91.7 cm³/mol. The smallest absolute Gasteiger partial charge is 0.237 e. The van der Waals surface area contributed by atoms with E-state index in [0.717, 1.165) is 31.9 Å². The van der Waals surface area contributed by atoms with Crippen molar-refractivity contribution < 1.29 is 9.53 Å². The molecule has 0 N–H and O–H groups in total. The van der Waals surface area contributed by atoms with Crippen LogP contribution in [0.5, 0.6) is 5.75 Å². The summed E-state index contributed by atoms with van der Waals surface area (Å²) < 4.78 is 5.93. The number of rotatable bonds is 4. The fourth-order valence-electron chi connectivity index (χ4n) is 3.36. The Morgan fingerprint density at radius 1 is 1.13 bits per heavy atom. The summed E-state index contributed by atoms with van der Waals surface area (Å²) in [6.07, 6.45) is 6.57. The summed E-state index contributed by atoms with van der Waals surface area (Å²) in [5.74, 6) is 1.17. The Morgan fingerprint density at radius 2 is 1.83 bits per heavy atom. The molecule has 1 amide bonds. The number of amides is 1. The molecule has 4 heteroatoms. The van der Waals surface area contributed by atoms with Crippen molar-refractivity contribution in [3.05, 3.63) is 29.8 Å². The van der Waals surface area contributed by atoms with Crippen molar-refractivity contribution in [3.8, 4) is 5.75 Å². The minimum atomic E-state index is 0.146. The number of hydrogen-bond donors (Lipinski definition) is 0. The molecule has 126 valence electrons.